The van der Waals surface area contributed by atoms with Crippen molar-refractivity contribution >= 4 is 34.5 Å². The van der Waals surface area contributed by atoms with Crippen LogP contribution in [0.4, 0.5) is 0 Å². The maximum Gasteiger partial charge on any atom is 0.0624 e. The number of benzene rings is 1. The van der Waals surface area contributed by atoms with Crippen molar-refractivity contribution in [3.8, 4) is 0 Å². The molecule has 2 rings (SSSR count). The van der Waals surface area contributed by atoms with Gasteiger partial charge in [0.2, 0.25) is 0 Å². The van der Waals surface area contributed by atoms with E-state index in [1.165, 1.54) is 10.4 Å². The molecule has 1 N–H and O–H groups in total. The monoisotopic (exact) mass is 341 g/mol. The minimum atomic E-state index is 0.302. The Morgan fingerprint density at radius 1 is 1.14 bits per heavy atom. The first-order valence-corrected chi connectivity index (χ1v) is 9.03. The quantitative estimate of drug-likeness (QED) is 0.660. The lowest BCUT2D eigenvalue weighted by Crippen LogP contribution is -2.24. The molecule has 1 aromatic carbocycles. The molecule has 1 unspecified atom stereocenters. The molecule has 21 heavy (non-hydrogen) atoms. The van der Waals surface area contributed by atoms with Crippen molar-refractivity contribution in [1.29, 1.82) is 0 Å². The molecular formula is C17H21Cl2NS. The number of nitrogens with one attached hydrogen (secondary N) is 1. The van der Waals surface area contributed by atoms with Gasteiger partial charge in [-0.15, -0.1) is 11.3 Å². The minimum absolute atomic E-state index is 0.302. The summed E-state index contributed by atoms with van der Waals surface area (Å²) in [5, 5.41) is 7.13. The highest BCUT2D eigenvalue weighted by atomic mass is 35.5. The fourth-order valence-electron chi connectivity index (χ4n) is 2.45. The highest BCUT2D eigenvalue weighted by Crippen LogP contribution is 2.32. The van der Waals surface area contributed by atoms with Gasteiger partial charge in [0.05, 0.1) is 10.0 Å². The van der Waals surface area contributed by atoms with Crippen LogP contribution in [0.25, 0.3) is 0 Å². The number of halogens is 2. The van der Waals surface area contributed by atoms with Gasteiger partial charge in [-0.2, -0.15) is 0 Å². The largest absolute Gasteiger partial charge is 0.309 e. The van der Waals surface area contributed by atoms with Crippen molar-refractivity contribution in [3.63, 3.8) is 0 Å². The van der Waals surface area contributed by atoms with Crippen LogP contribution in [0.15, 0.2) is 29.6 Å². The first-order valence-electron chi connectivity index (χ1n) is 7.39. The molecule has 0 amide bonds. The summed E-state index contributed by atoms with van der Waals surface area (Å²) < 4.78 is 0. The molecule has 0 spiro atoms. The molecule has 1 atom stereocenters. The zero-order valence-corrected chi connectivity index (χ0v) is 14.8. The molecule has 2 aromatic rings. The summed E-state index contributed by atoms with van der Waals surface area (Å²) in [5.74, 6) is 0. The standard InChI is InChI=1S/C17H21Cl2NS/c1-3-9-20-15(17-12(4-2)8-10-21-17)11-13-6-5-7-14(18)16(13)19/h5-8,10,15,20H,3-4,9,11H2,1-2H3. The number of hydrogen-bond donors (Lipinski definition) is 1. The van der Waals surface area contributed by atoms with Gasteiger partial charge in [-0.05, 0) is 54.4 Å². The molecule has 114 valence electrons. The van der Waals surface area contributed by atoms with E-state index in [2.05, 4.69) is 36.7 Å². The van der Waals surface area contributed by atoms with E-state index in [0.717, 1.165) is 31.4 Å². The van der Waals surface area contributed by atoms with Gasteiger partial charge in [0.25, 0.3) is 0 Å². The predicted octanol–water partition coefficient (Wildman–Crippen LogP) is 5.90. The van der Waals surface area contributed by atoms with Gasteiger partial charge in [-0.25, -0.2) is 0 Å². The molecule has 0 aliphatic heterocycles. The number of rotatable bonds is 7. The summed E-state index contributed by atoms with van der Waals surface area (Å²) in [6, 6.07) is 8.39. The van der Waals surface area contributed by atoms with Gasteiger partial charge in [0.1, 0.15) is 0 Å². The third-order valence-electron chi connectivity index (χ3n) is 3.57. The van der Waals surface area contributed by atoms with Crippen LogP contribution in [0.5, 0.6) is 0 Å². The molecule has 1 aromatic heterocycles. The van der Waals surface area contributed by atoms with E-state index in [1.54, 1.807) is 0 Å². The average Bonchev–Trinajstić information content (AvgIpc) is 2.96. The van der Waals surface area contributed by atoms with Crippen LogP contribution >= 0.6 is 34.5 Å². The Labute approximate surface area is 141 Å². The molecule has 1 nitrogen and oxygen atoms in total. The zero-order valence-electron chi connectivity index (χ0n) is 12.5. The fraction of sp³-hybridized carbons (Fsp3) is 0.412. The Bertz CT molecular complexity index is 580. The predicted molar refractivity (Wildman–Crippen MR) is 94.9 cm³/mol. The highest BCUT2D eigenvalue weighted by molar-refractivity contribution is 7.10. The minimum Gasteiger partial charge on any atom is -0.309 e. The molecule has 0 bridgehead atoms. The third kappa shape index (κ3) is 4.23. The summed E-state index contributed by atoms with van der Waals surface area (Å²) >= 11 is 14.3. The maximum atomic E-state index is 6.35. The summed E-state index contributed by atoms with van der Waals surface area (Å²) in [6.07, 6.45) is 3.05. The number of aryl methyl sites for hydroxylation is 1. The lowest BCUT2D eigenvalue weighted by molar-refractivity contribution is 0.534. The number of hydrogen-bond acceptors (Lipinski definition) is 2. The van der Waals surface area contributed by atoms with E-state index in [-0.39, 0.29) is 0 Å². The van der Waals surface area contributed by atoms with E-state index in [4.69, 9.17) is 23.2 Å². The lowest BCUT2D eigenvalue weighted by atomic mass is 10.0. The van der Waals surface area contributed by atoms with Crippen molar-refractivity contribution in [1.82, 2.24) is 5.32 Å². The second-order valence-corrected chi connectivity index (χ2v) is 6.82. The van der Waals surface area contributed by atoms with Gasteiger partial charge in [0.15, 0.2) is 0 Å². The first-order chi connectivity index (χ1) is 10.2. The molecule has 0 radical (unpaired) electrons. The summed E-state index contributed by atoms with van der Waals surface area (Å²) in [6.45, 7) is 5.39. The average molecular weight is 342 g/mol. The zero-order chi connectivity index (χ0) is 15.2. The maximum absolute atomic E-state index is 6.35. The summed E-state index contributed by atoms with van der Waals surface area (Å²) in [5.41, 5.74) is 2.53. The molecule has 0 saturated carbocycles. The smallest absolute Gasteiger partial charge is 0.0624 e. The summed E-state index contributed by atoms with van der Waals surface area (Å²) in [7, 11) is 0. The molecule has 0 saturated heterocycles. The van der Waals surface area contributed by atoms with Crippen molar-refractivity contribution in [2.75, 3.05) is 6.54 Å². The van der Waals surface area contributed by atoms with Crippen molar-refractivity contribution in [2.45, 2.75) is 39.2 Å². The molecule has 0 aliphatic carbocycles. The highest BCUT2D eigenvalue weighted by Gasteiger charge is 2.18. The van der Waals surface area contributed by atoms with Crippen LogP contribution < -0.4 is 5.32 Å². The van der Waals surface area contributed by atoms with Gasteiger partial charge in [-0.1, -0.05) is 49.2 Å². The molecule has 0 aliphatic rings. The van der Waals surface area contributed by atoms with Crippen LogP contribution in [0.3, 0.4) is 0 Å². The topological polar surface area (TPSA) is 12.0 Å². The van der Waals surface area contributed by atoms with E-state index < -0.39 is 0 Å². The van der Waals surface area contributed by atoms with Gasteiger partial charge >= 0.3 is 0 Å². The Kier molecular flexibility index (Phi) is 6.56. The fourth-order valence-corrected chi connectivity index (χ4v) is 3.92. The van der Waals surface area contributed by atoms with Crippen LogP contribution in [0.1, 0.15) is 42.3 Å². The van der Waals surface area contributed by atoms with Crippen molar-refractivity contribution in [3.05, 3.63) is 55.7 Å². The van der Waals surface area contributed by atoms with Crippen LogP contribution in [-0.4, -0.2) is 6.54 Å². The first kappa shape index (κ1) is 16.8. The molecule has 0 fully saturated rings. The Morgan fingerprint density at radius 2 is 1.95 bits per heavy atom. The Balaban J connectivity index is 2.26. The molecular weight excluding hydrogens is 321 g/mol. The van der Waals surface area contributed by atoms with Gasteiger partial charge in [0, 0.05) is 10.9 Å². The summed E-state index contributed by atoms with van der Waals surface area (Å²) in [4.78, 5) is 1.42. The van der Waals surface area contributed by atoms with Crippen molar-refractivity contribution < 1.29 is 0 Å². The second kappa shape index (κ2) is 8.19. The van der Waals surface area contributed by atoms with Gasteiger partial charge in [-0.3, -0.25) is 0 Å². The van der Waals surface area contributed by atoms with Crippen molar-refractivity contribution in [2.24, 2.45) is 0 Å². The van der Waals surface area contributed by atoms with E-state index in [1.807, 2.05) is 23.5 Å². The normalized spacial score (nSPS) is 12.6. The lowest BCUT2D eigenvalue weighted by Gasteiger charge is -2.20. The molecule has 1 heterocycles. The van der Waals surface area contributed by atoms with E-state index in [0.29, 0.717) is 16.1 Å². The van der Waals surface area contributed by atoms with Crippen LogP contribution in [-0.2, 0) is 12.8 Å². The Hall–Kier alpha value is -0.540. The third-order valence-corrected chi connectivity index (χ3v) is 5.51. The second-order valence-electron chi connectivity index (χ2n) is 5.09. The van der Waals surface area contributed by atoms with Crippen LogP contribution in [0, 0.1) is 0 Å². The number of thiophene rings is 1. The van der Waals surface area contributed by atoms with E-state index >= 15 is 0 Å². The SMILES string of the molecule is CCCNC(Cc1cccc(Cl)c1Cl)c1sccc1CC. The van der Waals surface area contributed by atoms with Crippen LogP contribution in [0.2, 0.25) is 10.0 Å². The Morgan fingerprint density at radius 3 is 2.67 bits per heavy atom. The van der Waals surface area contributed by atoms with Gasteiger partial charge < -0.3 is 5.32 Å². The van der Waals surface area contributed by atoms with E-state index in [9.17, 15) is 0 Å². The molecule has 4 heteroatoms.